The van der Waals surface area contributed by atoms with E-state index in [0.29, 0.717) is 22.4 Å². The Balaban J connectivity index is 2.00. The number of sulfone groups is 1. The van der Waals surface area contributed by atoms with Crippen molar-refractivity contribution in [3.05, 3.63) is 52.5 Å². The van der Waals surface area contributed by atoms with Gasteiger partial charge in [-0.1, -0.05) is 28.1 Å². The molecule has 0 aliphatic heterocycles. The second kappa shape index (κ2) is 5.16. The summed E-state index contributed by atoms with van der Waals surface area (Å²) in [4.78, 5) is 4.02. The van der Waals surface area contributed by atoms with E-state index < -0.39 is 9.84 Å². The molecule has 0 amide bonds. The molecule has 3 rings (SSSR count). The summed E-state index contributed by atoms with van der Waals surface area (Å²) in [5.74, 6) is -0.172. The zero-order valence-corrected chi connectivity index (χ0v) is 13.2. The van der Waals surface area contributed by atoms with Crippen molar-refractivity contribution in [2.45, 2.75) is 11.0 Å². The number of aromatic nitrogens is 1. The van der Waals surface area contributed by atoms with Gasteiger partial charge >= 0.3 is 5.22 Å². The molecule has 1 aromatic heterocycles. The quantitative estimate of drug-likeness (QED) is 0.719. The number of anilines is 1. The van der Waals surface area contributed by atoms with E-state index in [1.807, 2.05) is 6.07 Å². The molecule has 0 spiro atoms. The van der Waals surface area contributed by atoms with Gasteiger partial charge in [0.25, 0.3) is 0 Å². The van der Waals surface area contributed by atoms with Gasteiger partial charge in [0.15, 0.2) is 5.58 Å². The summed E-state index contributed by atoms with van der Waals surface area (Å²) in [6.45, 7) is 0. The number of oxazole rings is 1. The Kier molecular flexibility index (Phi) is 3.46. The molecular formula is C14H11BrN2O3S. The van der Waals surface area contributed by atoms with E-state index in [1.165, 1.54) is 0 Å². The van der Waals surface area contributed by atoms with E-state index >= 15 is 0 Å². The average molecular weight is 367 g/mol. The Bertz CT molecular complexity index is 919. The maximum absolute atomic E-state index is 12.4. The molecule has 0 atom stereocenters. The van der Waals surface area contributed by atoms with E-state index in [4.69, 9.17) is 10.2 Å². The summed E-state index contributed by atoms with van der Waals surface area (Å²) in [5.41, 5.74) is 7.63. The monoisotopic (exact) mass is 366 g/mol. The highest BCUT2D eigenvalue weighted by Gasteiger charge is 2.22. The fourth-order valence-corrected chi connectivity index (χ4v) is 3.60. The van der Waals surface area contributed by atoms with Crippen LogP contribution in [0.15, 0.2) is 56.6 Å². The van der Waals surface area contributed by atoms with Crippen LogP contribution in [0.2, 0.25) is 0 Å². The third-order valence-electron chi connectivity index (χ3n) is 2.90. The molecule has 21 heavy (non-hydrogen) atoms. The first kappa shape index (κ1) is 14.1. The lowest BCUT2D eigenvalue weighted by atomic mass is 10.2. The van der Waals surface area contributed by atoms with Crippen LogP contribution in [0.1, 0.15) is 5.56 Å². The van der Waals surface area contributed by atoms with Gasteiger partial charge in [-0.3, -0.25) is 0 Å². The van der Waals surface area contributed by atoms with Gasteiger partial charge in [0.1, 0.15) is 5.52 Å². The van der Waals surface area contributed by atoms with E-state index in [0.717, 1.165) is 4.47 Å². The third kappa shape index (κ3) is 2.93. The second-order valence-electron chi connectivity index (χ2n) is 4.60. The van der Waals surface area contributed by atoms with Crippen LogP contribution in [0.3, 0.4) is 0 Å². The highest BCUT2D eigenvalue weighted by molar-refractivity contribution is 9.10. The Morgan fingerprint density at radius 3 is 2.76 bits per heavy atom. The zero-order chi connectivity index (χ0) is 15.0. The summed E-state index contributed by atoms with van der Waals surface area (Å²) >= 11 is 3.31. The number of fused-ring (bicyclic) bond motifs is 1. The van der Waals surface area contributed by atoms with Crippen LogP contribution in [0, 0.1) is 0 Å². The van der Waals surface area contributed by atoms with E-state index in [9.17, 15) is 8.42 Å². The van der Waals surface area contributed by atoms with Crippen molar-refractivity contribution in [3.8, 4) is 0 Å². The van der Waals surface area contributed by atoms with Crippen LogP contribution in [0.4, 0.5) is 5.69 Å². The molecule has 0 radical (unpaired) electrons. The van der Waals surface area contributed by atoms with Crippen molar-refractivity contribution in [2.75, 3.05) is 5.73 Å². The average Bonchev–Trinajstić information content (AvgIpc) is 2.82. The number of benzene rings is 2. The van der Waals surface area contributed by atoms with Crippen molar-refractivity contribution in [1.29, 1.82) is 0 Å². The maximum atomic E-state index is 12.4. The van der Waals surface area contributed by atoms with Crippen molar-refractivity contribution in [3.63, 3.8) is 0 Å². The number of nitrogens with two attached hydrogens (primary N) is 1. The number of rotatable bonds is 3. The second-order valence-corrected chi connectivity index (χ2v) is 7.38. The predicted octanol–water partition coefficient (Wildman–Crippen LogP) is 3.15. The van der Waals surface area contributed by atoms with Crippen LogP contribution in [-0.2, 0) is 15.6 Å². The molecule has 1 heterocycles. The molecule has 0 saturated carbocycles. The van der Waals surface area contributed by atoms with Gasteiger partial charge in [-0.2, -0.15) is 4.98 Å². The van der Waals surface area contributed by atoms with Crippen molar-refractivity contribution >= 4 is 42.6 Å². The van der Waals surface area contributed by atoms with Gasteiger partial charge in [0.2, 0.25) is 9.84 Å². The Hall–Kier alpha value is -1.86. The minimum atomic E-state index is -3.64. The minimum absolute atomic E-state index is 0.172. The molecular weight excluding hydrogens is 356 g/mol. The van der Waals surface area contributed by atoms with Gasteiger partial charge in [-0.15, -0.1) is 0 Å². The summed E-state index contributed by atoms with van der Waals surface area (Å²) in [6.07, 6.45) is 0. The topological polar surface area (TPSA) is 86.2 Å². The number of halogens is 1. The SMILES string of the molecule is Nc1ccc2nc(S(=O)(=O)Cc3cccc(Br)c3)oc2c1. The molecule has 0 unspecified atom stereocenters. The molecule has 2 N–H and O–H groups in total. The number of hydrogen-bond acceptors (Lipinski definition) is 5. The van der Waals surface area contributed by atoms with Gasteiger partial charge in [-0.25, -0.2) is 8.42 Å². The van der Waals surface area contributed by atoms with Crippen LogP contribution >= 0.6 is 15.9 Å². The number of hydrogen-bond donors (Lipinski definition) is 1. The van der Waals surface area contributed by atoms with E-state index in [-0.39, 0.29) is 11.0 Å². The fourth-order valence-electron chi connectivity index (χ4n) is 1.96. The van der Waals surface area contributed by atoms with Gasteiger partial charge in [0.05, 0.1) is 5.75 Å². The van der Waals surface area contributed by atoms with Crippen LogP contribution in [-0.4, -0.2) is 13.4 Å². The van der Waals surface area contributed by atoms with E-state index in [1.54, 1.807) is 36.4 Å². The number of nitrogen functional groups attached to an aromatic ring is 1. The molecule has 7 heteroatoms. The molecule has 0 saturated heterocycles. The van der Waals surface area contributed by atoms with Gasteiger partial charge in [-0.05, 0) is 29.8 Å². The highest BCUT2D eigenvalue weighted by atomic mass is 79.9. The molecule has 3 aromatic rings. The smallest absolute Gasteiger partial charge is 0.316 e. The molecule has 2 aromatic carbocycles. The highest BCUT2D eigenvalue weighted by Crippen LogP contribution is 2.24. The summed E-state index contributed by atoms with van der Waals surface area (Å²) < 4.78 is 30.9. The molecule has 0 aliphatic rings. The van der Waals surface area contributed by atoms with Crippen molar-refractivity contribution in [2.24, 2.45) is 0 Å². The largest absolute Gasteiger partial charge is 0.428 e. The predicted molar refractivity (Wildman–Crippen MR) is 83.5 cm³/mol. The summed E-state index contributed by atoms with van der Waals surface area (Å²) in [6, 6.07) is 11.9. The lowest BCUT2D eigenvalue weighted by Gasteiger charge is -2.01. The first-order chi connectivity index (χ1) is 9.94. The van der Waals surface area contributed by atoms with Gasteiger partial charge < -0.3 is 10.2 Å². The molecule has 5 nitrogen and oxygen atoms in total. The maximum Gasteiger partial charge on any atom is 0.316 e. The first-order valence-electron chi connectivity index (χ1n) is 6.07. The Morgan fingerprint density at radius 2 is 2.00 bits per heavy atom. The lowest BCUT2D eigenvalue weighted by Crippen LogP contribution is -2.05. The fraction of sp³-hybridized carbons (Fsp3) is 0.0714. The normalized spacial score (nSPS) is 11.9. The molecule has 108 valence electrons. The first-order valence-corrected chi connectivity index (χ1v) is 8.52. The van der Waals surface area contributed by atoms with E-state index in [2.05, 4.69) is 20.9 Å². The lowest BCUT2D eigenvalue weighted by molar-refractivity contribution is 0.458. The summed E-state index contributed by atoms with van der Waals surface area (Å²) in [7, 11) is -3.64. The Morgan fingerprint density at radius 1 is 1.19 bits per heavy atom. The Labute approximate surface area is 129 Å². The standard InChI is InChI=1S/C14H11BrN2O3S/c15-10-3-1-2-9(6-10)8-21(18,19)14-17-12-5-4-11(16)7-13(12)20-14/h1-7H,8,16H2. The van der Waals surface area contributed by atoms with Crippen LogP contribution in [0.5, 0.6) is 0 Å². The molecule has 0 aliphatic carbocycles. The van der Waals surface area contributed by atoms with Crippen molar-refractivity contribution < 1.29 is 12.8 Å². The minimum Gasteiger partial charge on any atom is -0.428 e. The zero-order valence-electron chi connectivity index (χ0n) is 10.8. The van der Waals surface area contributed by atoms with Crippen molar-refractivity contribution in [1.82, 2.24) is 4.98 Å². The third-order valence-corrected chi connectivity index (χ3v) is 4.82. The molecule has 0 bridgehead atoms. The van der Waals surface area contributed by atoms with Crippen LogP contribution < -0.4 is 5.73 Å². The number of nitrogens with zero attached hydrogens (tertiary/aromatic N) is 1. The van der Waals surface area contributed by atoms with Crippen LogP contribution in [0.25, 0.3) is 11.1 Å². The molecule has 0 fully saturated rings. The van der Waals surface area contributed by atoms with Gasteiger partial charge in [0, 0.05) is 16.2 Å². The summed E-state index contributed by atoms with van der Waals surface area (Å²) in [5, 5.41) is -0.289.